The molecule has 2 aliphatic rings. The van der Waals surface area contributed by atoms with Crippen LogP contribution in [0.5, 0.6) is 0 Å². The smallest absolute Gasteiger partial charge is 0.224 e. The summed E-state index contributed by atoms with van der Waals surface area (Å²) < 4.78 is 38.0. The van der Waals surface area contributed by atoms with Gasteiger partial charge in [-0.25, -0.2) is 0 Å². The molecule has 4 atom stereocenters. The van der Waals surface area contributed by atoms with Crippen molar-refractivity contribution < 1.29 is 28.4 Å². The predicted octanol–water partition coefficient (Wildman–Crippen LogP) is 5.25. The van der Waals surface area contributed by atoms with E-state index in [9.17, 15) is 0 Å². The molecule has 2 saturated heterocycles. The highest BCUT2D eigenvalue weighted by Gasteiger charge is 2.63. The van der Waals surface area contributed by atoms with E-state index in [4.69, 9.17) is 28.4 Å². The average Bonchev–Trinajstić information content (AvgIpc) is 3.37. The van der Waals surface area contributed by atoms with Gasteiger partial charge < -0.3 is 28.4 Å². The molecule has 0 unspecified atom stereocenters. The lowest BCUT2D eigenvalue weighted by Gasteiger charge is -2.31. The van der Waals surface area contributed by atoms with Crippen LogP contribution in [-0.2, 0) is 48.2 Å². The SMILES string of the molecule is CC1(C)OC[C@]2(O[C@H](COCc3ccccc3)[C@@H](OCc3ccccc3)[C@@H]2OCc2ccccc2)O1. The van der Waals surface area contributed by atoms with E-state index < -0.39 is 29.9 Å². The summed E-state index contributed by atoms with van der Waals surface area (Å²) in [5.41, 5.74) is 3.25. The third-order valence-corrected chi connectivity index (χ3v) is 6.44. The number of hydrogen-bond acceptors (Lipinski definition) is 6. The summed E-state index contributed by atoms with van der Waals surface area (Å²) in [7, 11) is 0. The van der Waals surface area contributed by atoms with Gasteiger partial charge >= 0.3 is 0 Å². The molecule has 2 aliphatic heterocycles. The van der Waals surface area contributed by atoms with Crippen molar-refractivity contribution in [3.05, 3.63) is 108 Å². The van der Waals surface area contributed by atoms with Crippen molar-refractivity contribution in [3.63, 3.8) is 0 Å². The maximum absolute atomic E-state index is 6.56. The summed E-state index contributed by atoms with van der Waals surface area (Å²) >= 11 is 0. The fraction of sp³-hybridized carbons (Fsp3) is 0.400. The first kappa shape index (κ1) is 25.1. The molecule has 0 aromatic heterocycles. The van der Waals surface area contributed by atoms with Crippen molar-refractivity contribution in [1.82, 2.24) is 0 Å². The van der Waals surface area contributed by atoms with Crippen LogP contribution < -0.4 is 0 Å². The van der Waals surface area contributed by atoms with Gasteiger partial charge in [0, 0.05) is 0 Å². The van der Waals surface area contributed by atoms with Crippen LogP contribution in [0.3, 0.4) is 0 Å². The Morgan fingerprint density at radius 3 is 1.78 bits per heavy atom. The van der Waals surface area contributed by atoms with Crippen LogP contribution in [0, 0.1) is 0 Å². The molecule has 0 radical (unpaired) electrons. The normalized spacial score (nSPS) is 27.0. The van der Waals surface area contributed by atoms with Crippen molar-refractivity contribution in [2.75, 3.05) is 13.2 Å². The minimum Gasteiger partial charge on any atom is -0.374 e. The van der Waals surface area contributed by atoms with E-state index in [2.05, 4.69) is 0 Å². The minimum absolute atomic E-state index is 0.250. The zero-order valence-corrected chi connectivity index (χ0v) is 20.9. The predicted molar refractivity (Wildman–Crippen MR) is 135 cm³/mol. The van der Waals surface area contributed by atoms with Crippen molar-refractivity contribution >= 4 is 0 Å². The van der Waals surface area contributed by atoms with Gasteiger partial charge in [-0.2, -0.15) is 0 Å². The first-order chi connectivity index (χ1) is 17.5. The van der Waals surface area contributed by atoms with Crippen LogP contribution in [0.1, 0.15) is 30.5 Å². The lowest BCUT2D eigenvalue weighted by Crippen LogP contribution is -2.48. The van der Waals surface area contributed by atoms with E-state index in [0.717, 1.165) is 16.7 Å². The van der Waals surface area contributed by atoms with Gasteiger partial charge in [-0.3, -0.25) is 0 Å². The lowest BCUT2D eigenvalue weighted by atomic mass is 10.0. The maximum atomic E-state index is 6.56. The molecule has 5 rings (SSSR count). The number of benzene rings is 3. The topological polar surface area (TPSA) is 55.4 Å². The molecule has 0 amide bonds. The first-order valence-electron chi connectivity index (χ1n) is 12.5. The zero-order valence-electron chi connectivity index (χ0n) is 20.9. The fourth-order valence-electron chi connectivity index (χ4n) is 4.72. The molecule has 2 heterocycles. The molecule has 190 valence electrons. The standard InChI is InChI=1S/C30H34O6/c1-29(2)34-22-30(36-29)28(33-20-25-16-10-5-11-17-25)27(32-19-24-14-8-4-9-15-24)26(35-30)21-31-18-23-12-6-3-7-13-23/h3-17,26-28H,18-22H2,1-2H3/t26-,27-,28+,30+/m1/s1. The molecule has 2 fully saturated rings. The van der Waals surface area contributed by atoms with Gasteiger partial charge in [0.2, 0.25) is 5.79 Å². The summed E-state index contributed by atoms with van der Waals surface area (Å²) in [5, 5.41) is 0. The van der Waals surface area contributed by atoms with Gasteiger partial charge in [-0.1, -0.05) is 91.0 Å². The van der Waals surface area contributed by atoms with Gasteiger partial charge in [-0.15, -0.1) is 0 Å². The quantitative estimate of drug-likeness (QED) is 0.387. The summed E-state index contributed by atoms with van der Waals surface area (Å²) in [5.74, 6) is -1.88. The molecular formula is C30H34O6. The van der Waals surface area contributed by atoms with Crippen molar-refractivity contribution in [3.8, 4) is 0 Å². The van der Waals surface area contributed by atoms with E-state index in [1.807, 2.05) is 105 Å². The monoisotopic (exact) mass is 490 g/mol. The Morgan fingerprint density at radius 1 is 0.722 bits per heavy atom. The zero-order chi connectivity index (χ0) is 24.8. The second-order valence-electron chi connectivity index (χ2n) is 9.74. The molecule has 0 bridgehead atoms. The highest BCUT2D eigenvalue weighted by Crippen LogP contribution is 2.44. The molecule has 36 heavy (non-hydrogen) atoms. The largest absolute Gasteiger partial charge is 0.374 e. The van der Waals surface area contributed by atoms with Crippen LogP contribution in [0.25, 0.3) is 0 Å². The Balaban J connectivity index is 1.36. The third kappa shape index (κ3) is 6.03. The highest BCUT2D eigenvalue weighted by atomic mass is 16.9. The van der Waals surface area contributed by atoms with Crippen LogP contribution >= 0.6 is 0 Å². The molecule has 1 spiro atoms. The average molecular weight is 491 g/mol. The van der Waals surface area contributed by atoms with Gasteiger partial charge in [0.05, 0.1) is 26.4 Å². The molecule has 0 N–H and O–H groups in total. The Hall–Kier alpha value is -2.58. The van der Waals surface area contributed by atoms with E-state index in [1.165, 1.54) is 0 Å². The highest BCUT2D eigenvalue weighted by molar-refractivity contribution is 5.16. The molecule has 6 nitrogen and oxygen atoms in total. The molecule has 3 aromatic rings. The Kier molecular flexibility index (Phi) is 7.82. The van der Waals surface area contributed by atoms with E-state index in [-0.39, 0.29) is 6.61 Å². The van der Waals surface area contributed by atoms with E-state index >= 15 is 0 Å². The number of hydrogen-bond donors (Lipinski definition) is 0. The molecule has 0 aliphatic carbocycles. The summed E-state index contributed by atoms with van der Waals surface area (Å²) in [4.78, 5) is 0. The van der Waals surface area contributed by atoms with E-state index in [1.54, 1.807) is 0 Å². The Morgan fingerprint density at radius 2 is 1.25 bits per heavy atom. The van der Waals surface area contributed by atoms with Crippen molar-refractivity contribution in [2.45, 2.75) is 63.6 Å². The summed E-state index contributed by atoms with van der Waals surface area (Å²) in [6.45, 7) is 5.68. The number of rotatable bonds is 10. The van der Waals surface area contributed by atoms with Crippen LogP contribution in [-0.4, -0.2) is 43.1 Å². The lowest BCUT2D eigenvalue weighted by molar-refractivity contribution is -0.278. The molecule has 0 saturated carbocycles. The second-order valence-corrected chi connectivity index (χ2v) is 9.74. The van der Waals surface area contributed by atoms with Gasteiger partial charge in [0.15, 0.2) is 5.79 Å². The first-order valence-corrected chi connectivity index (χ1v) is 12.5. The van der Waals surface area contributed by atoms with E-state index in [0.29, 0.717) is 26.4 Å². The Labute approximate surface area is 213 Å². The molecule has 3 aromatic carbocycles. The van der Waals surface area contributed by atoms with Gasteiger partial charge in [0.25, 0.3) is 0 Å². The molecular weight excluding hydrogens is 456 g/mol. The summed E-state index contributed by atoms with van der Waals surface area (Å²) in [6.07, 6.45) is -1.31. The van der Waals surface area contributed by atoms with Crippen molar-refractivity contribution in [2.24, 2.45) is 0 Å². The third-order valence-electron chi connectivity index (χ3n) is 6.44. The molecule has 6 heteroatoms. The van der Waals surface area contributed by atoms with Gasteiger partial charge in [0.1, 0.15) is 24.9 Å². The summed E-state index contributed by atoms with van der Waals surface area (Å²) in [6, 6.07) is 30.3. The second kappa shape index (κ2) is 11.2. The number of ether oxygens (including phenoxy) is 6. The maximum Gasteiger partial charge on any atom is 0.224 e. The Bertz CT molecular complexity index is 1070. The van der Waals surface area contributed by atoms with Gasteiger partial charge in [-0.05, 0) is 30.5 Å². The van der Waals surface area contributed by atoms with Crippen LogP contribution in [0.2, 0.25) is 0 Å². The fourth-order valence-corrected chi connectivity index (χ4v) is 4.72. The minimum atomic E-state index is -1.08. The van der Waals surface area contributed by atoms with Crippen LogP contribution in [0.4, 0.5) is 0 Å². The van der Waals surface area contributed by atoms with Crippen LogP contribution in [0.15, 0.2) is 91.0 Å². The van der Waals surface area contributed by atoms with Crippen molar-refractivity contribution in [1.29, 1.82) is 0 Å².